The number of halogens is 1. The molecule has 1 unspecified atom stereocenters. The lowest BCUT2D eigenvalue weighted by Gasteiger charge is -2.28. The molecule has 0 amide bonds. The van der Waals surface area contributed by atoms with Crippen LogP contribution in [0.3, 0.4) is 0 Å². The highest BCUT2D eigenvalue weighted by Crippen LogP contribution is 2.23. The quantitative estimate of drug-likeness (QED) is 0.890. The highest BCUT2D eigenvalue weighted by Gasteiger charge is 2.13. The molecule has 3 N–H and O–H groups in total. The van der Waals surface area contributed by atoms with Crippen LogP contribution in [0, 0.1) is 0 Å². The SMILES string of the molecule is NC(CCN1CCNCC1)c1ccccc1Br. The fourth-order valence-corrected chi connectivity index (χ4v) is 2.77. The number of nitrogens with zero attached hydrogens (tertiary/aromatic N) is 1. The predicted molar refractivity (Wildman–Crippen MR) is 75.0 cm³/mol. The van der Waals surface area contributed by atoms with Gasteiger partial charge < -0.3 is 16.0 Å². The molecule has 1 saturated heterocycles. The molecule has 0 bridgehead atoms. The smallest absolute Gasteiger partial charge is 0.0318 e. The number of piperazine rings is 1. The fourth-order valence-electron chi connectivity index (χ4n) is 2.19. The minimum atomic E-state index is 0.125. The average molecular weight is 298 g/mol. The van der Waals surface area contributed by atoms with Gasteiger partial charge in [-0.05, 0) is 18.1 Å². The van der Waals surface area contributed by atoms with Gasteiger partial charge in [0, 0.05) is 43.2 Å². The number of hydrogen-bond donors (Lipinski definition) is 2. The second kappa shape index (κ2) is 6.50. The van der Waals surface area contributed by atoms with E-state index in [1.54, 1.807) is 0 Å². The van der Waals surface area contributed by atoms with Crippen molar-refractivity contribution in [3.05, 3.63) is 34.3 Å². The Morgan fingerprint density at radius 1 is 1.29 bits per heavy atom. The van der Waals surface area contributed by atoms with E-state index in [1.165, 1.54) is 5.56 Å². The minimum absolute atomic E-state index is 0.125. The van der Waals surface area contributed by atoms with Crippen molar-refractivity contribution >= 4 is 15.9 Å². The van der Waals surface area contributed by atoms with E-state index in [0.29, 0.717) is 0 Å². The Morgan fingerprint density at radius 2 is 2.00 bits per heavy atom. The normalized spacial score (nSPS) is 19.2. The highest BCUT2D eigenvalue weighted by atomic mass is 79.9. The molecule has 1 aliphatic rings. The Labute approximate surface area is 111 Å². The van der Waals surface area contributed by atoms with Gasteiger partial charge in [-0.15, -0.1) is 0 Å². The van der Waals surface area contributed by atoms with Gasteiger partial charge >= 0.3 is 0 Å². The van der Waals surface area contributed by atoms with E-state index in [1.807, 2.05) is 12.1 Å². The van der Waals surface area contributed by atoms with E-state index >= 15 is 0 Å². The third-order valence-electron chi connectivity index (χ3n) is 3.27. The fraction of sp³-hybridized carbons (Fsp3) is 0.538. The van der Waals surface area contributed by atoms with Crippen LogP contribution < -0.4 is 11.1 Å². The Kier molecular flexibility index (Phi) is 4.98. The number of nitrogens with one attached hydrogen (secondary N) is 1. The molecule has 0 aliphatic carbocycles. The average Bonchev–Trinajstić information content (AvgIpc) is 2.38. The summed E-state index contributed by atoms with van der Waals surface area (Å²) in [6.07, 6.45) is 1.02. The summed E-state index contributed by atoms with van der Waals surface area (Å²) in [4.78, 5) is 2.48. The van der Waals surface area contributed by atoms with Crippen LogP contribution in [-0.2, 0) is 0 Å². The second-order valence-electron chi connectivity index (χ2n) is 4.51. The lowest BCUT2D eigenvalue weighted by atomic mass is 10.0. The third kappa shape index (κ3) is 3.78. The molecule has 1 aromatic carbocycles. The molecular weight excluding hydrogens is 278 g/mol. The molecular formula is C13H20BrN3. The first kappa shape index (κ1) is 13.0. The summed E-state index contributed by atoms with van der Waals surface area (Å²) in [5, 5.41) is 3.36. The molecule has 0 spiro atoms. The summed E-state index contributed by atoms with van der Waals surface area (Å²) in [5.41, 5.74) is 7.45. The predicted octanol–water partition coefficient (Wildman–Crippen LogP) is 1.74. The third-order valence-corrected chi connectivity index (χ3v) is 3.99. The van der Waals surface area contributed by atoms with Crippen LogP contribution in [0.25, 0.3) is 0 Å². The zero-order chi connectivity index (χ0) is 12.1. The van der Waals surface area contributed by atoms with Gasteiger partial charge in [0.2, 0.25) is 0 Å². The molecule has 17 heavy (non-hydrogen) atoms. The molecule has 1 heterocycles. The van der Waals surface area contributed by atoms with Gasteiger partial charge in [-0.2, -0.15) is 0 Å². The Balaban J connectivity index is 1.84. The molecule has 1 atom stereocenters. The molecule has 4 heteroatoms. The van der Waals surface area contributed by atoms with Crippen molar-refractivity contribution in [2.45, 2.75) is 12.5 Å². The standard InChI is InChI=1S/C13H20BrN3/c14-12-4-2-1-3-11(12)13(15)5-8-17-9-6-16-7-10-17/h1-4,13,16H,5-10,15H2. The van der Waals surface area contributed by atoms with Crippen LogP contribution in [0.15, 0.2) is 28.7 Å². The molecule has 0 radical (unpaired) electrons. The summed E-state index contributed by atoms with van der Waals surface area (Å²) >= 11 is 3.56. The summed E-state index contributed by atoms with van der Waals surface area (Å²) in [6.45, 7) is 5.57. The van der Waals surface area contributed by atoms with E-state index in [0.717, 1.165) is 43.6 Å². The number of rotatable bonds is 4. The monoisotopic (exact) mass is 297 g/mol. The molecule has 1 aliphatic heterocycles. The Hall–Kier alpha value is -0.420. The van der Waals surface area contributed by atoms with Crippen LogP contribution in [-0.4, -0.2) is 37.6 Å². The molecule has 3 nitrogen and oxygen atoms in total. The Morgan fingerprint density at radius 3 is 2.71 bits per heavy atom. The first-order valence-corrected chi connectivity index (χ1v) is 7.00. The van der Waals surface area contributed by atoms with E-state index in [2.05, 4.69) is 38.3 Å². The van der Waals surface area contributed by atoms with Gasteiger partial charge in [0.1, 0.15) is 0 Å². The van der Waals surface area contributed by atoms with Crippen LogP contribution in [0.5, 0.6) is 0 Å². The van der Waals surface area contributed by atoms with E-state index in [9.17, 15) is 0 Å². The van der Waals surface area contributed by atoms with Gasteiger partial charge in [-0.25, -0.2) is 0 Å². The summed E-state index contributed by atoms with van der Waals surface area (Å²) in [5.74, 6) is 0. The van der Waals surface area contributed by atoms with Crippen molar-refractivity contribution < 1.29 is 0 Å². The molecule has 94 valence electrons. The Bertz CT molecular complexity index is 350. The van der Waals surface area contributed by atoms with Crippen molar-refractivity contribution in [3.8, 4) is 0 Å². The zero-order valence-electron chi connectivity index (χ0n) is 10.0. The summed E-state index contributed by atoms with van der Waals surface area (Å²) in [7, 11) is 0. The zero-order valence-corrected chi connectivity index (χ0v) is 11.6. The van der Waals surface area contributed by atoms with Crippen molar-refractivity contribution in [2.75, 3.05) is 32.7 Å². The van der Waals surface area contributed by atoms with Gasteiger partial charge in [-0.1, -0.05) is 34.1 Å². The van der Waals surface area contributed by atoms with Crippen molar-refractivity contribution in [2.24, 2.45) is 5.73 Å². The van der Waals surface area contributed by atoms with Gasteiger partial charge in [-0.3, -0.25) is 0 Å². The van der Waals surface area contributed by atoms with Gasteiger partial charge in [0.15, 0.2) is 0 Å². The topological polar surface area (TPSA) is 41.3 Å². The summed E-state index contributed by atoms with van der Waals surface area (Å²) < 4.78 is 1.12. The first-order valence-electron chi connectivity index (χ1n) is 6.20. The van der Waals surface area contributed by atoms with Crippen LogP contribution in [0.4, 0.5) is 0 Å². The number of hydrogen-bond acceptors (Lipinski definition) is 3. The maximum atomic E-state index is 6.24. The number of nitrogens with two attached hydrogens (primary N) is 1. The number of benzene rings is 1. The van der Waals surface area contributed by atoms with E-state index in [-0.39, 0.29) is 6.04 Å². The first-order chi connectivity index (χ1) is 8.27. The molecule has 0 saturated carbocycles. The maximum Gasteiger partial charge on any atom is 0.0318 e. The lowest BCUT2D eigenvalue weighted by molar-refractivity contribution is 0.233. The highest BCUT2D eigenvalue weighted by molar-refractivity contribution is 9.10. The van der Waals surface area contributed by atoms with Crippen molar-refractivity contribution in [1.82, 2.24) is 10.2 Å². The van der Waals surface area contributed by atoms with Crippen LogP contribution in [0.1, 0.15) is 18.0 Å². The summed E-state index contributed by atoms with van der Waals surface area (Å²) in [6, 6.07) is 8.36. The van der Waals surface area contributed by atoms with Gasteiger partial charge in [0.05, 0.1) is 0 Å². The molecule has 0 aromatic heterocycles. The van der Waals surface area contributed by atoms with Crippen molar-refractivity contribution in [1.29, 1.82) is 0 Å². The molecule has 1 fully saturated rings. The molecule has 1 aromatic rings. The van der Waals surface area contributed by atoms with Crippen LogP contribution >= 0.6 is 15.9 Å². The maximum absolute atomic E-state index is 6.24. The largest absolute Gasteiger partial charge is 0.324 e. The van der Waals surface area contributed by atoms with Crippen molar-refractivity contribution in [3.63, 3.8) is 0 Å². The molecule has 2 rings (SSSR count). The minimum Gasteiger partial charge on any atom is -0.324 e. The van der Waals surface area contributed by atoms with E-state index in [4.69, 9.17) is 5.73 Å². The lowest BCUT2D eigenvalue weighted by Crippen LogP contribution is -2.44. The van der Waals surface area contributed by atoms with E-state index < -0.39 is 0 Å². The van der Waals surface area contributed by atoms with Crippen LogP contribution in [0.2, 0.25) is 0 Å². The second-order valence-corrected chi connectivity index (χ2v) is 5.36. The van der Waals surface area contributed by atoms with Gasteiger partial charge in [0.25, 0.3) is 0 Å².